The highest BCUT2D eigenvalue weighted by atomic mass is 16.4. The molecule has 6 nitrogen and oxygen atoms in total. The molecule has 1 aliphatic rings. The van der Waals surface area contributed by atoms with E-state index in [4.69, 9.17) is 10.2 Å². The van der Waals surface area contributed by atoms with Crippen molar-refractivity contribution in [3.05, 3.63) is 30.1 Å². The molecule has 1 unspecified atom stereocenters. The zero-order chi connectivity index (χ0) is 12.4. The molecule has 1 aliphatic heterocycles. The van der Waals surface area contributed by atoms with Gasteiger partial charge in [-0.25, -0.2) is 9.59 Å². The molecule has 90 valence electrons. The van der Waals surface area contributed by atoms with Crippen molar-refractivity contribution in [3.8, 4) is 0 Å². The van der Waals surface area contributed by atoms with Gasteiger partial charge in [0.2, 0.25) is 0 Å². The van der Waals surface area contributed by atoms with E-state index in [-0.39, 0.29) is 12.5 Å². The largest absolute Gasteiger partial charge is 0.480 e. The second-order valence-electron chi connectivity index (χ2n) is 4.00. The number of hydrogen-bond donors (Lipinski definition) is 2. The number of aromatic nitrogens is 1. The minimum absolute atomic E-state index is 0.0739. The molecular formula is C11H12N2O4. The Labute approximate surface area is 97.5 Å². The van der Waals surface area contributed by atoms with Crippen molar-refractivity contribution >= 4 is 12.1 Å². The number of amides is 1. The summed E-state index contributed by atoms with van der Waals surface area (Å²) >= 11 is 0. The zero-order valence-corrected chi connectivity index (χ0v) is 8.98. The number of carboxylic acid groups (broad SMARTS) is 2. The fourth-order valence-electron chi connectivity index (χ4n) is 2.16. The van der Waals surface area contributed by atoms with Gasteiger partial charge in [-0.3, -0.25) is 9.88 Å². The number of carbonyl (C=O) groups is 2. The third-order valence-corrected chi connectivity index (χ3v) is 3.01. The van der Waals surface area contributed by atoms with E-state index in [2.05, 4.69) is 4.98 Å². The van der Waals surface area contributed by atoms with Crippen LogP contribution in [-0.2, 0) is 4.79 Å². The van der Waals surface area contributed by atoms with Gasteiger partial charge < -0.3 is 10.2 Å². The molecule has 0 aliphatic carbocycles. The van der Waals surface area contributed by atoms with Gasteiger partial charge in [-0.15, -0.1) is 0 Å². The smallest absolute Gasteiger partial charge is 0.408 e. The van der Waals surface area contributed by atoms with Crippen LogP contribution in [0.25, 0.3) is 0 Å². The van der Waals surface area contributed by atoms with Gasteiger partial charge in [0.1, 0.15) is 6.04 Å². The summed E-state index contributed by atoms with van der Waals surface area (Å²) in [6, 6.07) is 2.62. The Balaban J connectivity index is 2.20. The predicted octanol–water partition coefficient (Wildman–Crippen LogP) is 1.00. The van der Waals surface area contributed by atoms with E-state index < -0.39 is 18.1 Å². The molecule has 0 radical (unpaired) electrons. The van der Waals surface area contributed by atoms with Crippen LogP contribution in [0.15, 0.2) is 24.5 Å². The van der Waals surface area contributed by atoms with Gasteiger partial charge in [-0.05, 0) is 24.1 Å². The minimum atomic E-state index is -1.19. The van der Waals surface area contributed by atoms with Crippen molar-refractivity contribution in [1.29, 1.82) is 0 Å². The number of likely N-dealkylation sites (tertiary alicyclic amines) is 1. The Morgan fingerprint density at radius 2 is 1.94 bits per heavy atom. The molecule has 2 atom stereocenters. The number of rotatable bonds is 2. The lowest BCUT2D eigenvalue weighted by molar-refractivity contribution is -0.141. The van der Waals surface area contributed by atoms with Gasteiger partial charge in [-0.2, -0.15) is 0 Å². The second kappa shape index (κ2) is 4.40. The molecule has 2 N–H and O–H groups in total. The normalized spacial score (nSPS) is 23.6. The van der Waals surface area contributed by atoms with Gasteiger partial charge in [0.05, 0.1) is 0 Å². The standard InChI is InChI=1S/C11H12N2O4/c14-10(15)9-5-8(6-13(9)11(16)17)7-1-3-12-4-2-7/h1-4,8-9H,5-6H2,(H,14,15)(H,16,17)/t8?,9-/m1/s1. The quantitative estimate of drug-likeness (QED) is 0.799. The van der Waals surface area contributed by atoms with Crippen LogP contribution in [0, 0.1) is 0 Å². The molecule has 0 spiro atoms. The summed E-state index contributed by atoms with van der Waals surface area (Å²) in [6.07, 6.45) is 2.36. The summed E-state index contributed by atoms with van der Waals surface area (Å²) in [5.74, 6) is -1.17. The Morgan fingerprint density at radius 3 is 2.41 bits per heavy atom. The fraction of sp³-hybridized carbons (Fsp3) is 0.364. The predicted molar refractivity (Wildman–Crippen MR) is 57.7 cm³/mol. The number of carboxylic acids is 1. The molecule has 0 saturated carbocycles. The maximum Gasteiger partial charge on any atom is 0.408 e. The summed E-state index contributed by atoms with van der Waals surface area (Å²) in [7, 11) is 0. The lowest BCUT2D eigenvalue weighted by Crippen LogP contribution is -2.39. The van der Waals surface area contributed by atoms with Gasteiger partial charge in [0.25, 0.3) is 0 Å². The second-order valence-corrected chi connectivity index (χ2v) is 4.00. The number of nitrogens with zero attached hydrogens (tertiary/aromatic N) is 2. The minimum Gasteiger partial charge on any atom is -0.480 e. The van der Waals surface area contributed by atoms with Crippen LogP contribution < -0.4 is 0 Å². The van der Waals surface area contributed by atoms with E-state index in [9.17, 15) is 9.59 Å². The number of hydrogen-bond acceptors (Lipinski definition) is 3. The van der Waals surface area contributed by atoms with Crippen LogP contribution >= 0.6 is 0 Å². The van der Waals surface area contributed by atoms with Gasteiger partial charge in [0, 0.05) is 24.9 Å². The molecule has 1 amide bonds. The maximum atomic E-state index is 11.0. The third-order valence-electron chi connectivity index (χ3n) is 3.01. The van der Waals surface area contributed by atoms with E-state index >= 15 is 0 Å². The Morgan fingerprint density at radius 1 is 1.29 bits per heavy atom. The monoisotopic (exact) mass is 236 g/mol. The van der Waals surface area contributed by atoms with Gasteiger partial charge >= 0.3 is 12.1 Å². The molecule has 0 bridgehead atoms. The number of pyridine rings is 1. The summed E-state index contributed by atoms with van der Waals surface area (Å²) in [4.78, 5) is 26.8. The Hall–Kier alpha value is -2.11. The lowest BCUT2D eigenvalue weighted by atomic mass is 9.97. The van der Waals surface area contributed by atoms with E-state index in [0.717, 1.165) is 10.5 Å². The highest BCUT2D eigenvalue weighted by molar-refractivity contribution is 5.80. The van der Waals surface area contributed by atoms with Gasteiger partial charge in [-0.1, -0.05) is 0 Å². The van der Waals surface area contributed by atoms with E-state index in [1.54, 1.807) is 24.5 Å². The average molecular weight is 236 g/mol. The SMILES string of the molecule is O=C(O)[C@H]1CC(c2ccncc2)CN1C(=O)O. The van der Waals surface area contributed by atoms with E-state index in [1.165, 1.54) is 0 Å². The van der Waals surface area contributed by atoms with Crippen LogP contribution in [0.3, 0.4) is 0 Å². The highest BCUT2D eigenvalue weighted by Gasteiger charge is 2.40. The molecule has 1 fully saturated rings. The molecule has 17 heavy (non-hydrogen) atoms. The fourth-order valence-corrected chi connectivity index (χ4v) is 2.16. The average Bonchev–Trinajstić information content (AvgIpc) is 2.75. The molecule has 6 heteroatoms. The Bertz CT molecular complexity index is 412. The topological polar surface area (TPSA) is 90.7 Å². The summed E-state index contributed by atoms with van der Waals surface area (Å²) in [5, 5.41) is 17.9. The number of aliphatic carboxylic acids is 1. The van der Waals surface area contributed by atoms with Crippen molar-refractivity contribution in [2.75, 3.05) is 6.54 Å². The molecule has 2 heterocycles. The van der Waals surface area contributed by atoms with E-state index in [0.29, 0.717) is 6.42 Å². The van der Waals surface area contributed by atoms with Crippen molar-refractivity contribution in [2.45, 2.75) is 18.4 Å². The van der Waals surface area contributed by atoms with Crippen molar-refractivity contribution in [2.24, 2.45) is 0 Å². The zero-order valence-electron chi connectivity index (χ0n) is 8.98. The molecule has 1 aromatic heterocycles. The van der Waals surface area contributed by atoms with Crippen LogP contribution in [0.1, 0.15) is 17.9 Å². The highest BCUT2D eigenvalue weighted by Crippen LogP contribution is 2.31. The first-order valence-electron chi connectivity index (χ1n) is 5.22. The van der Waals surface area contributed by atoms with E-state index in [1.807, 2.05) is 0 Å². The summed E-state index contributed by atoms with van der Waals surface area (Å²) in [5.41, 5.74) is 0.926. The van der Waals surface area contributed by atoms with Crippen molar-refractivity contribution in [3.63, 3.8) is 0 Å². The molecule has 0 aromatic carbocycles. The van der Waals surface area contributed by atoms with Crippen LogP contribution in [0.4, 0.5) is 4.79 Å². The summed E-state index contributed by atoms with van der Waals surface area (Å²) < 4.78 is 0. The van der Waals surface area contributed by atoms with Crippen LogP contribution in [-0.4, -0.2) is 44.7 Å². The first-order chi connectivity index (χ1) is 8.09. The maximum absolute atomic E-state index is 11.0. The first kappa shape index (κ1) is 11.4. The molecule has 1 aromatic rings. The van der Waals surface area contributed by atoms with Gasteiger partial charge in [0.15, 0.2) is 0 Å². The first-order valence-corrected chi connectivity index (χ1v) is 5.22. The Kier molecular flexibility index (Phi) is 2.95. The van der Waals surface area contributed by atoms with Crippen LogP contribution in [0.2, 0.25) is 0 Å². The molecule has 1 saturated heterocycles. The van der Waals surface area contributed by atoms with Crippen molar-refractivity contribution in [1.82, 2.24) is 9.88 Å². The van der Waals surface area contributed by atoms with Crippen molar-refractivity contribution < 1.29 is 19.8 Å². The summed E-state index contributed by atoms with van der Waals surface area (Å²) in [6.45, 7) is 0.219. The lowest BCUT2D eigenvalue weighted by Gasteiger charge is -2.16. The molecule has 2 rings (SSSR count). The molecular weight excluding hydrogens is 224 g/mol. The third kappa shape index (κ3) is 2.20. The van der Waals surface area contributed by atoms with Crippen LogP contribution in [0.5, 0.6) is 0 Å².